The van der Waals surface area contributed by atoms with E-state index in [1.807, 2.05) is 13.0 Å². The Morgan fingerprint density at radius 1 is 1.27 bits per heavy atom. The van der Waals surface area contributed by atoms with Gasteiger partial charge < -0.3 is 4.74 Å². The molecule has 0 saturated heterocycles. The first kappa shape index (κ1) is 14.1. The number of carbonyl (C=O) groups is 1. The summed E-state index contributed by atoms with van der Waals surface area (Å²) < 4.78 is 19.3. The van der Waals surface area contributed by atoms with Gasteiger partial charge in [0.05, 0.1) is 12.3 Å². The summed E-state index contributed by atoms with van der Waals surface area (Å²) in [6.45, 7) is 3.79. The van der Waals surface area contributed by atoms with Gasteiger partial charge in [0, 0.05) is 5.56 Å². The van der Waals surface area contributed by atoms with Crippen LogP contribution in [0.3, 0.4) is 0 Å². The maximum absolute atomic E-state index is 13.0. The maximum atomic E-state index is 13.0. The zero-order valence-corrected chi connectivity index (χ0v) is 12.1. The van der Waals surface area contributed by atoms with Gasteiger partial charge in [0.1, 0.15) is 5.82 Å². The molecule has 0 spiro atoms. The van der Waals surface area contributed by atoms with Gasteiger partial charge in [-0.25, -0.2) is 9.18 Å². The fraction of sp³-hybridized carbons (Fsp3) is 0.200. The van der Waals surface area contributed by atoms with Gasteiger partial charge in [-0.2, -0.15) is 9.61 Å². The van der Waals surface area contributed by atoms with Crippen molar-refractivity contribution in [3.63, 3.8) is 0 Å². The summed E-state index contributed by atoms with van der Waals surface area (Å²) in [4.78, 5) is 11.9. The Balaban J connectivity index is 2.15. The first-order valence-corrected chi connectivity index (χ1v) is 6.76. The number of hydrogen-bond acceptors (Lipinski definition) is 5. The first-order chi connectivity index (χ1) is 10.6. The fourth-order valence-corrected chi connectivity index (χ4v) is 2.11. The summed E-state index contributed by atoms with van der Waals surface area (Å²) in [5.41, 5.74) is 2.61. The summed E-state index contributed by atoms with van der Waals surface area (Å²) in [7, 11) is 0. The SMILES string of the molecule is CCOC(=O)c1nnc2c(C)cc(-c3ccc(F)cc3)nn12. The molecule has 3 aromatic rings. The Kier molecular flexibility index (Phi) is 3.54. The minimum Gasteiger partial charge on any atom is -0.460 e. The molecule has 0 N–H and O–H groups in total. The van der Waals surface area contributed by atoms with Gasteiger partial charge in [-0.15, -0.1) is 10.2 Å². The molecule has 0 amide bonds. The van der Waals surface area contributed by atoms with Gasteiger partial charge in [-0.1, -0.05) is 0 Å². The third-order valence-electron chi connectivity index (χ3n) is 3.15. The van der Waals surface area contributed by atoms with Crippen LogP contribution >= 0.6 is 0 Å². The molecule has 2 heterocycles. The van der Waals surface area contributed by atoms with E-state index in [4.69, 9.17) is 4.74 Å². The summed E-state index contributed by atoms with van der Waals surface area (Å²) in [6.07, 6.45) is 0. The Bertz CT molecular complexity index is 843. The van der Waals surface area contributed by atoms with Crippen LogP contribution in [-0.4, -0.2) is 32.4 Å². The van der Waals surface area contributed by atoms with Crippen molar-refractivity contribution in [2.75, 3.05) is 6.61 Å². The lowest BCUT2D eigenvalue weighted by molar-refractivity contribution is 0.0509. The van der Waals surface area contributed by atoms with Crippen LogP contribution in [0.15, 0.2) is 30.3 Å². The summed E-state index contributed by atoms with van der Waals surface area (Å²) in [6, 6.07) is 7.77. The zero-order chi connectivity index (χ0) is 15.7. The van der Waals surface area contributed by atoms with Crippen molar-refractivity contribution in [3.8, 4) is 11.3 Å². The van der Waals surface area contributed by atoms with Crippen LogP contribution in [0.2, 0.25) is 0 Å². The Morgan fingerprint density at radius 3 is 2.68 bits per heavy atom. The van der Waals surface area contributed by atoms with E-state index in [0.29, 0.717) is 11.3 Å². The smallest absolute Gasteiger partial charge is 0.378 e. The monoisotopic (exact) mass is 300 g/mol. The number of nitrogens with zero attached hydrogens (tertiary/aromatic N) is 4. The molecule has 0 bridgehead atoms. The average molecular weight is 300 g/mol. The molecule has 112 valence electrons. The molecule has 6 nitrogen and oxygen atoms in total. The van der Waals surface area contributed by atoms with E-state index in [0.717, 1.165) is 11.1 Å². The van der Waals surface area contributed by atoms with Crippen LogP contribution in [0, 0.1) is 12.7 Å². The van der Waals surface area contributed by atoms with Crippen LogP contribution in [0.4, 0.5) is 4.39 Å². The van der Waals surface area contributed by atoms with Crippen molar-refractivity contribution < 1.29 is 13.9 Å². The number of benzene rings is 1. The molecule has 0 atom stereocenters. The molecule has 22 heavy (non-hydrogen) atoms. The molecule has 3 rings (SSSR count). The van der Waals surface area contributed by atoms with Crippen LogP contribution in [0.1, 0.15) is 23.1 Å². The fourth-order valence-electron chi connectivity index (χ4n) is 2.11. The molecule has 1 aromatic carbocycles. The molecule has 0 aliphatic heterocycles. The van der Waals surface area contributed by atoms with E-state index >= 15 is 0 Å². The highest BCUT2D eigenvalue weighted by atomic mass is 19.1. The number of carbonyl (C=O) groups excluding carboxylic acids is 1. The van der Waals surface area contributed by atoms with E-state index in [9.17, 15) is 9.18 Å². The number of hydrogen-bond donors (Lipinski definition) is 0. The lowest BCUT2D eigenvalue weighted by atomic mass is 10.1. The third-order valence-corrected chi connectivity index (χ3v) is 3.15. The Labute approximate surface area is 125 Å². The predicted octanol–water partition coefficient (Wildman–Crippen LogP) is 2.42. The molecular weight excluding hydrogens is 287 g/mol. The van der Waals surface area contributed by atoms with Gasteiger partial charge in [0.15, 0.2) is 5.65 Å². The summed E-state index contributed by atoms with van der Waals surface area (Å²) in [5.74, 6) is -0.889. The highest BCUT2D eigenvalue weighted by Gasteiger charge is 2.18. The molecule has 0 aliphatic carbocycles. The molecular formula is C15H13FN4O2. The Morgan fingerprint density at radius 2 is 2.00 bits per heavy atom. The van der Waals surface area contributed by atoms with Crippen molar-refractivity contribution in [1.82, 2.24) is 19.8 Å². The van der Waals surface area contributed by atoms with Crippen molar-refractivity contribution in [2.45, 2.75) is 13.8 Å². The van der Waals surface area contributed by atoms with E-state index in [1.54, 1.807) is 19.1 Å². The molecule has 0 saturated carbocycles. The van der Waals surface area contributed by atoms with Crippen molar-refractivity contribution >= 4 is 11.6 Å². The average Bonchev–Trinajstić information content (AvgIpc) is 2.92. The van der Waals surface area contributed by atoms with Gasteiger partial charge in [-0.05, 0) is 49.7 Å². The predicted molar refractivity (Wildman–Crippen MR) is 76.9 cm³/mol. The summed E-state index contributed by atoms with van der Waals surface area (Å²) >= 11 is 0. The second-order valence-corrected chi connectivity index (χ2v) is 4.70. The lowest BCUT2D eigenvalue weighted by Crippen LogP contribution is -2.11. The molecule has 0 unspecified atom stereocenters. The second-order valence-electron chi connectivity index (χ2n) is 4.70. The maximum Gasteiger partial charge on any atom is 0.378 e. The number of ether oxygens (including phenoxy) is 1. The van der Waals surface area contributed by atoms with Gasteiger partial charge in [-0.3, -0.25) is 0 Å². The minimum absolute atomic E-state index is 0.0175. The normalized spacial score (nSPS) is 10.9. The second kappa shape index (κ2) is 5.51. The van der Waals surface area contributed by atoms with Crippen LogP contribution in [0.25, 0.3) is 16.9 Å². The van der Waals surface area contributed by atoms with Gasteiger partial charge in [0.2, 0.25) is 0 Å². The first-order valence-electron chi connectivity index (χ1n) is 6.76. The molecule has 0 aliphatic rings. The van der Waals surface area contributed by atoms with Crippen molar-refractivity contribution in [3.05, 3.63) is 47.5 Å². The molecule has 2 aromatic heterocycles. The van der Waals surface area contributed by atoms with Crippen LogP contribution in [-0.2, 0) is 4.74 Å². The highest BCUT2D eigenvalue weighted by molar-refractivity contribution is 5.86. The lowest BCUT2D eigenvalue weighted by Gasteiger charge is -2.05. The standard InChI is InChI=1S/C15H13FN4O2/c1-3-22-15(21)14-18-17-13-9(2)8-12(19-20(13)14)10-4-6-11(16)7-5-10/h4-8H,3H2,1-2H3. The number of aryl methyl sites for hydroxylation is 1. The topological polar surface area (TPSA) is 69.4 Å². The third kappa shape index (κ3) is 2.41. The van der Waals surface area contributed by atoms with Crippen molar-refractivity contribution in [1.29, 1.82) is 0 Å². The molecule has 0 fully saturated rings. The highest BCUT2D eigenvalue weighted by Crippen LogP contribution is 2.20. The number of aromatic nitrogens is 4. The van der Waals surface area contributed by atoms with Crippen molar-refractivity contribution in [2.24, 2.45) is 0 Å². The number of fused-ring (bicyclic) bond motifs is 1. The number of esters is 1. The van der Waals surface area contributed by atoms with Gasteiger partial charge in [0.25, 0.3) is 5.82 Å². The number of rotatable bonds is 3. The van der Waals surface area contributed by atoms with E-state index in [1.165, 1.54) is 16.6 Å². The van der Waals surface area contributed by atoms with Crippen LogP contribution in [0.5, 0.6) is 0 Å². The Hall–Kier alpha value is -2.83. The minimum atomic E-state index is -0.585. The van der Waals surface area contributed by atoms with E-state index in [-0.39, 0.29) is 18.2 Å². The molecule has 0 radical (unpaired) electrons. The van der Waals surface area contributed by atoms with E-state index in [2.05, 4.69) is 15.3 Å². The number of halogens is 1. The van der Waals surface area contributed by atoms with Gasteiger partial charge >= 0.3 is 5.97 Å². The van der Waals surface area contributed by atoms with Crippen LogP contribution < -0.4 is 0 Å². The summed E-state index contributed by atoms with van der Waals surface area (Å²) in [5, 5.41) is 12.2. The molecule has 7 heteroatoms. The zero-order valence-electron chi connectivity index (χ0n) is 12.1. The quantitative estimate of drug-likeness (QED) is 0.695. The largest absolute Gasteiger partial charge is 0.460 e. The van der Waals surface area contributed by atoms with E-state index < -0.39 is 5.97 Å².